The van der Waals surface area contributed by atoms with Gasteiger partial charge < -0.3 is 104 Å². The molecule has 4 saturated carbocycles. The van der Waals surface area contributed by atoms with Crippen LogP contribution in [0.5, 0.6) is 0 Å². The van der Waals surface area contributed by atoms with E-state index in [4.69, 9.17) is 37.9 Å². The van der Waals surface area contributed by atoms with Crippen LogP contribution in [0.4, 0.5) is 0 Å². The number of allylic oxidation sites excluding steroid dienone is 2. The predicted molar refractivity (Wildman–Crippen MR) is 323 cm³/mol. The number of nitrogens with one attached hydrogen (secondary N) is 1. The monoisotopic (exact) mass is 1280 g/mol. The van der Waals surface area contributed by atoms with E-state index in [1.807, 2.05) is 6.92 Å². The quantitative estimate of drug-likeness (QED) is 0.0301. The van der Waals surface area contributed by atoms with Gasteiger partial charge in [0.2, 0.25) is 12.2 Å². The van der Waals surface area contributed by atoms with Gasteiger partial charge in [-0.3, -0.25) is 9.59 Å². The fraction of sp³-hybridized carbons (Fsp3) is 0.925. The van der Waals surface area contributed by atoms with Gasteiger partial charge in [0.25, 0.3) is 0 Å². The summed E-state index contributed by atoms with van der Waals surface area (Å²) >= 11 is 0. The summed E-state index contributed by atoms with van der Waals surface area (Å²) in [7, 11) is 0. The Balaban J connectivity index is 0.877. The van der Waals surface area contributed by atoms with Crippen molar-refractivity contribution in [3.8, 4) is 0 Å². The second-order valence-corrected chi connectivity index (χ2v) is 30.5. The topological polar surface area (TPSA) is 360 Å². The van der Waals surface area contributed by atoms with Crippen LogP contribution in [0.25, 0.3) is 0 Å². The third kappa shape index (κ3) is 13.4. The van der Waals surface area contributed by atoms with Gasteiger partial charge in [-0.15, -0.1) is 0 Å². The number of hydrogen-bond donors (Lipinski definition) is 12. The number of carbonyl (C=O) groups excluding carboxylic acids is 3. The van der Waals surface area contributed by atoms with Crippen molar-refractivity contribution in [2.24, 2.45) is 56.2 Å². The first kappa shape index (κ1) is 71.9. The van der Waals surface area contributed by atoms with Crippen molar-refractivity contribution >= 4 is 18.2 Å². The van der Waals surface area contributed by atoms with Gasteiger partial charge >= 0.3 is 5.97 Å². The molecule has 23 heteroatoms. The van der Waals surface area contributed by atoms with Crippen LogP contribution in [0.3, 0.4) is 0 Å². The lowest BCUT2D eigenvalue weighted by atomic mass is 9.33. The number of aldehydes is 1. The smallest absolute Gasteiger partial charge is 0.317 e. The predicted octanol–water partition coefficient (Wildman–Crippen LogP) is 3.49. The Kier molecular flexibility index (Phi) is 23.0. The molecule has 16 unspecified atom stereocenters. The van der Waals surface area contributed by atoms with E-state index in [2.05, 4.69) is 59.9 Å². The zero-order chi connectivity index (χ0) is 65.6. The van der Waals surface area contributed by atoms with Gasteiger partial charge in [-0.25, -0.2) is 0 Å². The van der Waals surface area contributed by atoms with Gasteiger partial charge in [0.15, 0.2) is 25.0 Å². The van der Waals surface area contributed by atoms with Gasteiger partial charge in [0.1, 0.15) is 78.8 Å². The summed E-state index contributed by atoms with van der Waals surface area (Å²) in [6, 6.07) is -1.36. The van der Waals surface area contributed by atoms with Gasteiger partial charge in [0.05, 0.1) is 37.6 Å². The molecule has 4 heterocycles. The minimum atomic E-state index is -1.94. The number of amides is 1. The van der Waals surface area contributed by atoms with Crippen molar-refractivity contribution in [3.63, 3.8) is 0 Å². The zero-order valence-corrected chi connectivity index (χ0v) is 54.7. The van der Waals surface area contributed by atoms with Crippen LogP contribution in [-0.4, -0.2) is 217 Å². The van der Waals surface area contributed by atoms with E-state index < -0.39 is 170 Å². The third-order valence-electron chi connectivity index (χ3n) is 24.6. The highest BCUT2D eigenvalue weighted by Gasteiger charge is 2.72. The Morgan fingerprint density at radius 3 is 1.96 bits per heavy atom. The molecule has 0 bridgehead atoms. The van der Waals surface area contributed by atoms with E-state index in [0.29, 0.717) is 32.3 Å². The van der Waals surface area contributed by atoms with Crippen molar-refractivity contribution in [1.29, 1.82) is 0 Å². The lowest BCUT2D eigenvalue weighted by Crippen LogP contribution is -2.69. The van der Waals surface area contributed by atoms with Crippen LogP contribution in [-0.2, 0) is 52.3 Å². The van der Waals surface area contributed by atoms with Crippen molar-refractivity contribution in [2.45, 2.75) is 313 Å². The fourth-order valence-corrected chi connectivity index (χ4v) is 18.5. The van der Waals surface area contributed by atoms with Crippen LogP contribution >= 0.6 is 0 Å². The molecule has 1 amide bonds. The first-order valence-electron chi connectivity index (χ1n) is 34.1. The summed E-state index contributed by atoms with van der Waals surface area (Å²) in [4.78, 5) is 42.6. The van der Waals surface area contributed by atoms with E-state index in [1.165, 1.54) is 13.2 Å². The van der Waals surface area contributed by atoms with Gasteiger partial charge in [-0.2, -0.15) is 0 Å². The number of carbonyl (C=O) groups is 3. The number of esters is 1. The summed E-state index contributed by atoms with van der Waals surface area (Å²) in [6.07, 6.45) is -10.1. The summed E-state index contributed by atoms with van der Waals surface area (Å²) in [5.74, 6) is -1.09. The summed E-state index contributed by atoms with van der Waals surface area (Å²) in [5.41, 5.74) is -2.09. The van der Waals surface area contributed by atoms with Crippen LogP contribution in [0.2, 0.25) is 0 Å². The molecule has 4 saturated heterocycles. The number of aliphatic hydroxyl groups excluding tert-OH is 11. The minimum absolute atomic E-state index is 0.0640. The molecule has 0 spiro atoms. The molecule has 9 aliphatic rings. The Morgan fingerprint density at radius 1 is 0.656 bits per heavy atom. The first-order chi connectivity index (χ1) is 42.5. The van der Waals surface area contributed by atoms with E-state index in [-0.39, 0.29) is 53.3 Å². The van der Waals surface area contributed by atoms with Crippen molar-refractivity contribution in [2.75, 3.05) is 19.8 Å². The molecule has 29 atom stereocenters. The summed E-state index contributed by atoms with van der Waals surface area (Å²) < 4.78 is 48.1. The van der Waals surface area contributed by atoms with Gasteiger partial charge in [0, 0.05) is 18.4 Å². The third-order valence-corrected chi connectivity index (χ3v) is 24.6. The van der Waals surface area contributed by atoms with Crippen molar-refractivity contribution < 1.29 is 108 Å². The highest BCUT2D eigenvalue weighted by molar-refractivity contribution is 5.80. The molecule has 23 nitrogen and oxygen atoms in total. The Hall–Kier alpha value is -2.37. The molecule has 516 valence electrons. The Bertz CT molecular complexity index is 2450. The maximum absolute atomic E-state index is 15.8. The molecular weight excluding hydrogens is 1170 g/mol. The molecule has 0 aromatic rings. The molecule has 8 fully saturated rings. The average molecular weight is 1280 g/mol. The van der Waals surface area contributed by atoms with Crippen LogP contribution in [0.15, 0.2) is 11.6 Å². The molecule has 0 radical (unpaired) electrons. The van der Waals surface area contributed by atoms with Crippen LogP contribution in [0.1, 0.15) is 191 Å². The normalized spacial score (nSPS) is 48.4. The number of rotatable bonds is 23. The first-order valence-corrected chi connectivity index (χ1v) is 34.1. The maximum atomic E-state index is 15.8. The molecule has 0 aromatic heterocycles. The van der Waals surface area contributed by atoms with E-state index in [9.17, 15) is 65.8 Å². The minimum Gasteiger partial charge on any atom is -0.432 e. The van der Waals surface area contributed by atoms with Crippen LogP contribution in [0, 0.1) is 56.2 Å². The molecule has 0 aromatic carbocycles. The largest absolute Gasteiger partial charge is 0.432 e. The Morgan fingerprint density at radius 2 is 1.29 bits per heavy atom. The average Bonchev–Trinajstić information content (AvgIpc) is 0.673. The number of unbranched alkanes of at least 4 members (excludes halogenated alkanes) is 8. The van der Waals surface area contributed by atoms with Gasteiger partial charge in [-0.1, -0.05) is 112 Å². The molecule has 4 aliphatic heterocycles. The lowest BCUT2D eigenvalue weighted by Gasteiger charge is -2.71. The van der Waals surface area contributed by atoms with Gasteiger partial charge in [-0.05, 0) is 129 Å². The van der Waals surface area contributed by atoms with Crippen LogP contribution < -0.4 is 5.32 Å². The van der Waals surface area contributed by atoms with Crippen molar-refractivity contribution in [1.82, 2.24) is 5.32 Å². The molecule has 5 aliphatic carbocycles. The molecular formula is C67H111NO22. The fourth-order valence-electron chi connectivity index (χ4n) is 18.5. The number of aliphatic hydroxyl groups is 11. The lowest BCUT2D eigenvalue weighted by molar-refractivity contribution is -0.370. The summed E-state index contributed by atoms with van der Waals surface area (Å²) in [6.45, 7) is 18.2. The highest BCUT2D eigenvalue weighted by atomic mass is 16.8. The highest BCUT2D eigenvalue weighted by Crippen LogP contribution is 2.76. The van der Waals surface area contributed by atoms with Crippen molar-refractivity contribution in [3.05, 3.63) is 11.6 Å². The maximum Gasteiger partial charge on any atom is 0.317 e. The second-order valence-electron chi connectivity index (χ2n) is 30.5. The van der Waals surface area contributed by atoms with E-state index in [1.54, 1.807) is 0 Å². The molecule has 90 heavy (non-hydrogen) atoms. The second kappa shape index (κ2) is 28.8. The number of hydrogen-bond acceptors (Lipinski definition) is 22. The SMILES string of the molecule is CCC1O[C@@H](OCCCCCCCCCCCC(=O)N[C@H]2C(CO)O[C@@H](OC(=O)[C@]34CCC(C)(C)CC3C3=CCC5C6(C)CC[C@H](C)[C@](C)(C=O)[C@@H]6CCC5(C)[C@]3(C)CC4O)C(O[C@@H]3OC(C)[C@H](O[C@@H]4OC[C@@H](O)C(O)C4O)C(O)C3O)C2O)C(O)C(O)[C@H]1O. The van der Waals surface area contributed by atoms with E-state index in [0.717, 1.165) is 89.0 Å². The number of fused-ring (bicyclic) bond motifs is 7. The molecule has 12 N–H and O–H groups in total. The standard InChI is InChI=1S/C67H111NO22/c1-10-40-48(75)50(77)53(80)57(86-40)83-29-19-17-15-13-11-12-14-16-18-20-45(73)68-46-41(32-69)87-60(56(49(46)76)89-59-54(81)51(78)55(36(3)85-59)88-58-52(79)47(74)39(71)33-84-58)90-61(82)67-28-27-62(4,5)30-38(67)37-21-22-43-63(6)25-23-35(2)64(7,34-70)42(63)24-26-65(43,8)66(37,9)31-44(67)72/h21,34-36,38-44,46-60,69,71-72,74-81H,10-20,22-33H2,1-9H3,(H,68,73)/t35-,36?,38?,39+,40?,41?,42+,43?,44?,46-,47?,48-,49?,50?,51?,52?,53?,54?,55-,56?,57+,58-,59-,60-,63?,64-,65?,66+,67+/m0/s1. The summed E-state index contributed by atoms with van der Waals surface area (Å²) in [5, 5.41) is 124. The number of ether oxygens (including phenoxy) is 8. The Labute approximate surface area is 531 Å². The zero-order valence-electron chi connectivity index (χ0n) is 54.7. The van der Waals surface area contributed by atoms with E-state index >= 15 is 4.79 Å². The molecule has 9 rings (SSSR count).